The van der Waals surface area contributed by atoms with E-state index < -0.39 is 21.8 Å². The number of carboxylic acid groups (broad SMARTS) is 1. The van der Waals surface area contributed by atoms with Crippen molar-refractivity contribution in [2.24, 2.45) is 0 Å². The van der Waals surface area contributed by atoms with Gasteiger partial charge in [-0.3, -0.25) is 0 Å². The summed E-state index contributed by atoms with van der Waals surface area (Å²) in [7, 11) is -2.39. The molecule has 0 aliphatic heterocycles. The van der Waals surface area contributed by atoms with E-state index in [1.807, 2.05) is 6.92 Å². The first-order valence-electron chi connectivity index (χ1n) is 6.29. The SMILES string of the molecule is CCC(C)N(CCOC)S(=O)(=O)c1cc(C(=O)O)oc1Br. The number of rotatable bonds is 8. The highest BCUT2D eigenvalue weighted by Gasteiger charge is 2.33. The first kappa shape index (κ1) is 18.1. The maximum atomic E-state index is 12.7. The highest BCUT2D eigenvalue weighted by atomic mass is 79.9. The molecule has 120 valence electrons. The molecule has 0 aliphatic carbocycles. The summed E-state index contributed by atoms with van der Waals surface area (Å²) in [5.74, 6) is -1.76. The second kappa shape index (κ2) is 7.39. The zero-order chi connectivity index (χ0) is 16.2. The number of carbonyl (C=O) groups is 1. The molecule has 0 spiro atoms. The molecule has 0 fully saturated rings. The molecule has 1 atom stereocenters. The van der Waals surface area contributed by atoms with Crippen molar-refractivity contribution in [2.75, 3.05) is 20.3 Å². The number of furan rings is 1. The summed E-state index contributed by atoms with van der Waals surface area (Å²) in [6, 6.07) is 0.754. The normalized spacial score (nSPS) is 13.6. The topological polar surface area (TPSA) is 97.0 Å². The molecule has 9 heteroatoms. The van der Waals surface area contributed by atoms with Gasteiger partial charge < -0.3 is 14.3 Å². The van der Waals surface area contributed by atoms with Gasteiger partial charge in [0.25, 0.3) is 0 Å². The Morgan fingerprint density at radius 1 is 1.57 bits per heavy atom. The van der Waals surface area contributed by atoms with E-state index in [1.54, 1.807) is 6.92 Å². The van der Waals surface area contributed by atoms with Crippen LogP contribution in [0, 0.1) is 0 Å². The Labute approximate surface area is 132 Å². The van der Waals surface area contributed by atoms with Gasteiger partial charge in [-0.25, -0.2) is 13.2 Å². The molecule has 1 unspecified atom stereocenters. The molecule has 1 rings (SSSR count). The van der Waals surface area contributed by atoms with E-state index in [9.17, 15) is 13.2 Å². The summed E-state index contributed by atoms with van der Waals surface area (Å²) in [6.07, 6.45) is 0.615. The maximum absolute atomic E-state index is 12.7. The molecular weight excluding hydrogens is 366 g/mol. The van der Waals surface area contributed by atoms with Crippen LogP contribution in [0.3, 0.4) is 0 Å². The van der Waals surface area contributed by atoms with Crippen LogP contribution in [0.4, 0.5) is 0 Å². The Morgan fingerprint density at radius 3 is 2.62 bits per heavy atom. The van der Waals surface area contributed by atoms with Gasteiger partial charge >= 0.3 is 5.97 Å². The van der Waals surface area contributed by atoms with Crippen molar-refractivity contribution in [1.82, 2.24) is 4.31 Å². The van der Waals surface area contributed by atoms with Crippen molar-refractivity contribution >= 4 is 31.9 Å². The third-order valence-corrected chi connectivity index (χ3v) is 5.92. The van der Waals surface area contributed by atoms with Crippen LogP contribution in [-0.2, 0) is 14.8 Å². The minimum Gasteiger partial charge on any atom is -0.475 e. The summed E-state index contributed by atoms with van der Waals surface area (Å²) < 4.78 is 36.4. The molecule has 1 N–H and O–H groups in total. The molecule has 0 aromatic carbocycles. The van der Waals surface area contributed by atoms with E-state index in [4.69, 9.17) is 14.3 Å². The van der Waals surface area contributed by atoms with E-state index >= 15 is 0 Å². The van der Waals surface area contributed by atoms with Gasteiger partial charge in [-0.1, -0.05) is 6.92 Å². The second-order valence-corrected chi connectivity index (χ2v) is 7.00. The van der Waals surface area contributed by atoms with Gasteiger partial charge in [-0.15, -0.1) is 0 Å². The van der Waals surface area contributed by atoms with Crippen LogP contribution >= 0.6 is 15.9 Å². The molecule has 0 radical (unpaired) electrons. The number of methoxy groups -OCH3 is 1. The van der Waals surface area contributed by atoms with Crippen LogP contribution < -0.4 is 0 Å². The smallest absolute Gasteiger partial charge is 0.371 e. The molecule has 0 saturated carbocycles. The van der Waals surface area contributed by atoms with Gasteiger partial charge in [0.15, 0.2) is 4.67 Å². The molecule has 21 heavy (non-hydrogen) atoms. The first-order valence-corrected chi connectivity index (χ1v) is 8.52. The predicted molar refractivity (Wildman–Crippen MR) is 78.9 cm³/mol. The number of sulfonamides is 1. The highest BCUT2D eigenvalue weighted by Crippen LogP contribution is 2.30. The van der Waals surface area contributed by atoms with E-state index in [1.165, 1.54) is 11.4 Å². The standard InChI is InChI=1S/C12H18BrNO6S/c1-4-8(2)14(5-6-19-3)21(17,18)10-7-9(12(15)16)20-11(10)13/h7-8H,4-6H2,1-3H3,(H,15,16). The predicted octanol–water partition coefficient (Wildman–Crippen LogP) is 2.18. The number of nitrogens with zero attached hydrogens (tertiary/aromatic N) is 1. The van der Waals surface area contributed by atoms with Gasteiger partial charge in [0, 0.05) is 25.8 Å². The van der Waals surface area contributed by atoms with Crippen LogP contribution in [0.15, 0.2) is 20.0 Å². The average molecular weight is 384 g/mol. The number of carboxylic acids is 1. The lowest BCUT2D eigenvalue weighted by Gasteiger charge is -2.26. The van der Waals surface area contributed by atoms with Crippen molar-refractivity contribution < 1.29 is 27.5 Å². The average Bonchev–Trinajstić information content (AvgIpc) is 2.81. The van der Waals surface area contributed by atoms with E-state index in [2.05, 4.69) is 15.9 Å². The molecule has 1 aromatic rings. The summed E-state index contributed by atoms with van der Waals surface area (Å²) in [5.41, 5.74) is 0. The molecular formula is C12H18BrNO6S. The van der Waals surface area contributed by atoms with Crippen molar-refractivity contribution in [3.05, 3.63) is 16.5 Å². The van der Waals surface area contributed by atoms with Gasteiger partial charge in [-0.2, -0.15) is 4.31 Å². The van der Waals surface area contributed by atoms with E-state index in [0.717, 1.165) is 6.07 Å². The van der Waals surface area contributed by atoms with Crippen molar-refractivity contribution in [3.8, 4) is 0 Å². The molecule has 7 nitrogen and oxygen atoms in total. The zero-order valence-electron chi connectivity index (χ0n) is 12.0. The molecule has 1 aromatic heterocycles. The van der Waals surface area contributed by atoms with Gasteiger partial charge in [0.05, 0.1) is 6.61 Å². The second-order valence-electron chi connectivity index (χ2n) is 4.42. The van der Waals surface area contributed by atoms with Crippen molar-refractivity contribution in [2.45, 2.75) is 31.2 Å². The lowest BCUT2D eigenvalue weighted by Crippen LogP contribution is -2.40. The number of hydrogen-bond acceptors (Lipinski definition) is 5. The highest BCUT2D eigenvalue weighted by molar-refractivity contribution is 9.10. The number of ether oxygens (including phenoxy) is 1. The lowest BCUT2D eigenvalue weighted by molar-refractivity contribution is 0.0661. The van der Waals surface area contributed by atoms with Gasteiger partial charge in [-0.05, 0) is 29.3 Å². The summed E-state index contributed by atoms with van der Waals surface area (Å²) in [6.45, 7) is 4.06. The minimum absolute atomic E-state index is 0.120. The van der Waals surface area contributed by atoms with Crippen molar-refractivity contribution in [3.63, 3.8) is 0 Å². The number of halogens is 1. The molecule has 0 aliphatic rings. The zero-order valence-corrected chi connectivity index (χ0v) is 14.4. The maximum Gasteiger partial charge on any atom is 0.371 e. The Balaban J connectivity index is 3.24. The van der Waals surface area contributed by atoms with Crippen LogP contribution in [0.25, 0.3) is 0 Å². The van der Waals surface area contributed by atoms with Crippen molar-refractivity contribution in [1.29, 1.82) is 0 Å². The summed E-state index contributed by atoms with van der Waals surface area (Å²) in [5, 5.41) is 8.88. The molecule has 0 amide bonds. The third kappa shape index (κ3) is 4.06. The van der Waals surface area contributed by atoms with E-state index in [-0.39, 0.29) is 28.8 Å². The third-order valence-electron chi connectivity index (χ3n) is 3.05. The van der Waals surface area contributed by atoms with Crippen LogP contribution in [-0.4, -0.2) is 50.1 Å². The van der Waals surface area contributed by atoms with Crippen LogP contribution in [0.1, 0.15) is 30.8 Å². The number of aromatic carboxylic acids is 1. The molecule has 1 heterocycles. The van der Waals surface area contributed by atoms with Gasteiger partial charge in [0.2, 0.25) is 15.8 Å². The Bertz CT molecular complexity index is 597. The minimum atomic E-state index is -3.88. The van der Waals surface area contributed by atoms with Gasteiger partial charge in [0.1, 0.15) is 4.90 Å². The van der Waals surface area contributed by atoms with Crippen LogP contribution in [0.5, 0.6) is 0 Å². The quantitative estimate of drug-likeness (QED) is 0.738. The Morgan fingerprint density at radius 2 is 2.19 bits per heavy atom. The molecule has 0 saturated heterocycles. The fraction of sp³-hybridized carbons (Fsp3) is 0.583. The lowest BCUT2D eigenvalue weighted by atomic mass is 10.3. The fourth-order valence-corrected chi connectivity index (χ4v) is 4.32. The molecule has 0 bridgehead atoms. The summed E-state index contributed by atoms with van der Waals surface area (Å²) in [4.78, 5) is 10.7. The van der Waals surface area contributed by atoms with Crippen LogP contribution in [0.2, 0.25) is 0 Å². The Hall–Kier alpha value is -0.900. The monoisotopic (exact) mass is 383 g/mol. The largest absolute Gasteiger partial charge is 0.475 e. The Kier molecular flexibility index (Phi) is 6.39. The van der Waals surface area contributed by atoms with E-state index in [0.29, 0.717) is 6.42 Å². The number of hydrogen-bond donors (Lipinski definition) is 1. The fourth-order valence-electron chi connectivity index (χ4n) is 1.72. The summed E-state index contributed by atoms with van der Waals surface area (Å²) >= 11 is 2.96. The first-order chi connectivity index (χ1) is 9.75.